The zero-order chi connectivity index (χ0) is 20.4. The molecule has 1 N–H and O–H groups in total. The van der Waals surface area contributed by atoms with Crippen LogP contribution in [0.1, 0.15) is 51.5 Å². The Morgan fingerprint density at radius 1 is 1.14 bits per heavy atom. The zero-order valence-electron chi connectivity index (χ0n) is 16.6. The number of hydrogen-bond donors (Lipinski definition) is 1. The Morgan fingerprint density at radius 3 is 2.55 bits per heavy atom. The van der Waals surface area contributed by atoms with Crippen LogP contribution in [0, 0.1) is 13.8 Å². The van der Waals surface area contributed by atoms with E-state index in [0.717, 1.165) is 25.8 Å². The van der Waals surface area contributed by atoms with Crippen LogP contribution >= 0.6 is 0 Å². The molecule has 0 saturated carbocycles. The fourth-order valence-corrected chi connectivity index (χ4v) is 3.78. The van der Waals surface area contributed by atoms with Gasteiger partial charge < -0.3 is 19.1 Å². The van der Waals surface area contributed by atoms with Gasteiger partial charge in [0.25, 0.3) is 11.8 Å². The molecule has 0 aromatic carbocycles. The molecule has 4 rings (SSSR count). The minimum atomic E-state index is -0.235. The summed E-state index contributed by atoms with van der Waals surface area (Å²) in [5.41, 5.74) is 1.72. The van der Waals surface area contributed by atoms with E-state index in [1.54, 1.807) is 49.3 Å². The number of likely N-dealkylation sites (tertiary alicyclic amines) is 1. The lowest BCUT2D eigenvalue weighted by atomic mass is 10.0. The number of nitrogens with one attached hydrogen (secondary N) is 1. The van der Waals surface area contributed by atoms with Crippen molar-refractivity contribution < 1.29 is 18.4 Å². The van der Waals surface area contributed by atoms with E-state index in [1.165, 1.54) is 6.26 Å². The molecule has 1 atom stereocenters. The Morgan fingerprint density at radius 2 is 1.86 bits per heavy atom. The molecule has 0 aliphatic carbocycles. The first kappa shape index (κ1) is 19.0. The van der Waals surface area contributed by atoms with Crippen LogP contribution < -0.4 is 5.32 Å². The first-order chi connectivity index (χ1) is 14.0. The lowest BCUT2D eigenvalue weighted by Gasteiger charge is -2.35. The van der Waals surface area contributed by atoms with Gasteiger partial charge in [-0.3, -0.25) is 14.3 Å². The van der Waals surface area contributed by atoms with Gasteiger partial charge >= 0.3 is 0 Å². The van der Waals surface area contributed by atoms with E-state index in [9.17, 15) is 9.59 Å². The van der Waals surface area contributed by atoms with Crippen molar-refractivity contribution in [1.82, 2.24) is 14.7 Å². The minimum Gasteiger partial charge on any atom is -0.469 e. The van der Waals surface area contributed by atoms with Crippen molar-refractivity contribution >= 4 is 17.5 Å². The number of hydrogen-bond acceptors (Lipinski definition) is 5. The highest BCUT2D eigenvalue weighted by Gasteiger charge is 2.29. The number of carbonyl (C=O) groups is 2. The molecule has 1 fully saturated rings. The maximum atomic E-state index is 13.0. The second-order valence-electron chi connectivity index (χ2n) is 7.33. The third-order valence-corrected chi connectivity index (χ3v) is 5.37. The molecule has 29 heavy (non-hydrogen) atoms. The highest BCUT2D eigenvalue weighted by molar-refractivity contribution is 6.04. The summed E-state index contributed by atoms with van der Waals surface area (Å²) in [6.45, 7) is 4.84. The first-order valence-corrected chi connectivity index (χ1v) is 9.76. The Bertz CT molecular complexity index is 1020. The normalized spacial score (nSPS) is 16.8. The van der Waals surface area contributed by atoms with Crippen molar-refractivity contribution in [3.05, 3.63) is 59.7 Å². The van der Waals surface area contributed by atoms with Gasteiger partial charge in [0.2, 0.25) is 0 Å². The van der Waals surface area contributed by atoms with Crippen LogP contribution in [0.25, 0.3) is 0 Å². The number of carbonyl (C=O) groups excluding carboxylic acids is 2. The monoisotopic (exact) mass is 396 g/mol. The number of anilines is 1. The summed E-state index contributed by atoms with van der Waals surface area (Å²) in [6, 6.07) is 3.41. The Labute approximate surface area is 168 Å². The number of piperidine rings is 1. The molecular formula is C21H24N4O4. The molecular weight excluding hydrogens is 372 g/mol. The highest BCUT2D eigenvalue weighted by atomic mass is 16.3. The summed E-state index contributed by atoms with van der Waals surface area (Å²) in [5.74, 6) is 0.969. The summed E-state index contributed by atoms with van der Waals surface area (Å²) in [6.07, 6.45) is 9.41. The maximum Gasteiger partial charge on any atom is 0.259 e. The van der Waals surface area contributed by atoms with Gasteiger partial charge in [-0.1, -0.05) is 0 Å². The van der Waals surface area contributed by atoms with Gasteiger partial charge in [-0.15, -0.1) is 0 Å². The van der Waals surface area contributed by atoms with Crippen LogP contribution in [0.2, 0.25) is 0 Å². The van der Waals surface area contributed by atoms with Gasteiger partial charge in [-0.25, -0.2) is 0 Å². The minimum absolute atomic E-state index is 0.00272. The van der Waals surface area contributed by atoms with E-state index in [-0.39, 0.29) is 17.9 Å². The Kier molecular flexibility index (Phi) is 5.24. The Balaban J connectivity index is 1.44. The number of rotatable bonds is 5. The van der Waals surface area contributed by atoms with E-state index < -0.39 is 0 Å². The van der Waals surface area contributed by atoms with Crippen LogP contribution in [0.15, 0.2) is 45.9 Å². The average molecular weight is 396 g/mol. The molecule has 0 unspecified atom stereocenters. The van der Waals surface area contributed by atoms with Gasteiger partial charge in [0.15, 0.2) is 0 Å². The van der Waals surface area contributed by atoms with Crippen LogP contribution in [0.4, 0.5) is 5.69 Å². The fraction of sp³-hybridized carbons (Fsp3) is 0.381. The molecule has 3 aromatic heterocycles. The van der Waals surface area contributed by atoms with Crippen molar-refractivity contribution in [2.24, 2.45) is 0 Å². The van der Waals surface area contributed by atoms with E-state index >= 15 is 0 Å². The third-order valence-electron chi connectivity index (χ3n) is 5.37. The lowest BCUT2D eigenvalue weighted by molar-refractivity contribution is 0.0582. The molecule has 8 heteroatoms. The molecule has 1 aliphatic heterocycles. The molecule has 1 saturated heterocycles. The second kappa shape index (κ2) is 7.98. The zero-order valence-corrected chi connectivity index (χ0v) is 16.6. The van der Waals surface area contributed by atoms with Crippen LogP contribution in [0.3, 0.4) is 0 Å². The van der Waals surface area contributed by atoms with Crippen LogP contribution in [-0.4, -0.2) is 39.1 Å². The number of aryl methyl sites for hydroxylation is 2. The van der Waals surface area contributed by atoms with Crippen molar-refractivity contribution in [2.75, 3.05) is 11.9 Å². The van der Waals surface area contributed by atoms with Gasteiger partial charge in [-0.05, 0) is 45.2 Å². The summed E-state index contributed by atoms with van der Waals surface area (Å²) in [4.78, 5) is 27.2. The lowest BCUT2D eigenvalue weighted by Crippen LogP contribution is -2.46. The van der Waals surface area contributed by atoms with E-state index in [0.29, 0.717) is 34.9 Å². The first-order valence-electron chi connectivity index (χ1n) is 9.76. The van der Waals surface area contributed by atoms with Gasteiger partial charge in [0.05, 0.1) is 48.1 Å². The molecule has 0 spiro atoms. The highest BCUT2D eigenvalue weighted by Crippen LogP contribution is 2.23. The standard InChI is InChI=1S/C21H24N4O4/c1-14-18(6-9-28-14)20(26)23-16-11-22-24(12-16)13-17-5-3-4-8-25(17)21(27)19-7-10-29-15(19)2/h6-7,9-12,17H,3-5,8,13H2,1-2H3,(H,23,26)/t17-/m0/s1. The summed E-state index contributed by atoms with van der Waals surface area (Å²) in [5, 5.41) is 7.19. The van der Waals surface area contributed by atoms with Crippen LogP contribution in [0.5, 0.6) is 0 Å². The maximum absolute atomic E-state index is 13.0. The molecule has 8 nitrogen and oxygen atoms in total. The number of aromatic nitrogens is 2. The summed E-state index contributed by atoms with van der Waals surface area (Å²) in [7, 11) is 0. The molecule has 3 aromatic rings. The SMILES string of the molecule is Cc1occc1C(=O)Nc1cnn(C[C@@H]2CCCCN2C(=O)c2ccoc2C)c1. The molecule has 0 radical (unpaired) electrons. The van der Waals surface area contributed by atoms with Crippen molar-refractivity contribution in [1.29, 1.82) is 0 Å². The van der Waals surface area contributed by atoms with E-state index in [1.807, 2.05) is 4.90 Å². The third kappa shape index (κ3) is 3.96. The summed E-state index contributed by atoms with van der Waals surface area (Å²) < 4.78 is 12.2. The van der Waals surface area contributed by atoms with Gasteiger partial charge in [0.1, 0.15) is 11.5 Å². The smallest absolute Gasteiger partial charge is 0.259 e. The number of furan rings is 2. The van der Waals surface area contributed by atoms with E-state index in [2.05, 4.69) is 10.4 Å². The molecule has 152 valence electrons. The predicted molar refractivity (Wildman–Crippen MR) is 106 cm³/mol. The fourth-order valence-electron chi connectivity index (χ4n) is 3.78. The van der Waals surface area contributed by atoms with E-state index in [4.69, 9.17) is 8.83 Å². The largest absolute Gasteiger partial charge is 0.469 e. The second-order valence-corrected chi connectivity index (χ2v) is 7.33. The number of amides is 2. The van der Waals surface area contributed by atoms with Gasteiger partial charge in [0, 0.05) is 12.7 Å². The van der Waals surface area contributed by atoms with Gasteiger partial charge in [-0.2, -0.15) is 5.10 Å². The molecule has 0 bridgehead atoms. The van der Waals surface area contributed by atoms with Crippen molar-refractivity contribution in [3.63, 3.8) is 0 Å². The topological polar surface area (TPSA) is 93.5 Å². The number of nitrogens with zero attached hydrogens (tertiary/aromatic N) is 3. The quantitative estimate of drug-likeness (QED) is 0.711. The molecule has 1 aliphatic rings. The predicted octanol–water partition coefficient (Wildman–Crippen LogP) is 3.63. The van der Waals surface area contributed by atoms with Crippen LogP contribution in [-0.2, 0) is 6.54 Å². The Hall–Kier alpha value is -3.29. The summed E-state index contributed by atoms with van der Waals surface area (Å²) >= 11 is 0. The average Bonchev–Trinajstić information content (AvgIpc) is 3.43. The van der Waals surface area contributed by atoms with Crippen molar-refractivity contribution in [2.45, 2.75) is 45.7 Å². The van der Waals surface area contributed by atoms with Crippen molar-refractivity contribution in [3.8, 4) is 0 Å². The molecule has 4 heterocycles. The molecule has 2 amide bonds.